The summed E-state index contributed by atoms with van der Waals surface area (Å²) in [5, 5.41) is 8.10. The first kappa shape index (κ1) is 19.4. The maximum atomic E-state index is 12.8. The first-order valence-electron chi connectivity index (χ1n) is 10.1. The molecule has 1 aromatic carbocycles. The van der Waals surface area contributed by atoms with E-state index in [0.717, 1.165) is 47.5 Å². The van der Waals surface area contributed by atoms with E-state index < -0.39 is 0 Å². The lowest BCUT2D eigenvalue weighted by Gasteiger charge is -2.32. The fourth-order valence-electron chi connectivity index (χ4n) is 3.99. The molecule has 0 saturated carbocycles. The SMILES string of the molecule is Cc1ccccc1-c1noc(C[C@@H]2CCCN(C(=O)Cc3c(C)noc3C)C2)n1. The second kappa shape index (κ2) is 8.19. The van der Waals surface area contributed by atoms with Crippen molar-refractivity contribution in [3.05, 3.63) is 52.7 Å². The molecule has 1 atom stereocenters. The zero-order valence-electron chi connectivity index (χ0n) is 17.1. The zero-order valence-corrected chi connectivity index (χ0v) is 17.1. The molecule has 152 valence electrons. The number of hydrogen-bond acceptors (Lipinski definition) is 6. The van der Waals surface area contributed by atoms with Gasteiger partial charge in [0.1, 0.15) is 5.76 Å². The molecule has 0 radical (unpaired) electrons. The molecule has 0 unspecified atom stereocenters. The smallest absolute Gasteiger partial charge is 0.227 e. The van der Waals surface area contributed by atoms with E-state index in [9.17, 15) is 4.79 Å². The van der Waals surface area contributed by atoms with Crippen molar-refractivity contribution >= 4 is 5.91 Å². The van der Waals surface area contributed by atoms with Crippen LogP contribution in [0.15, 0.2) is 33.3 Å². The van der Waals surface area contributed by atoms with Crippen molar-refractivity contribution in [1.29, 1.82) is 0 Å². The molecule has 4 rings (SSSR count). The fourth-order valence-corrected chi connectivity index (χ4v) is 3.99. The van der Waals surface area contributed by atoms with Gasteiger partial charge in [-0.05, 0) is 45.1 Å². The van der Waals surface area contributed by atoms with Gasteiger partial charge in [-0.1, -0.05) is 34.6 Å². The standard InChI is InChI=1S/C22H26N4O3/c1-14-7-4-5-9-18(14)22-23-20(29-25-22)11-17-8-6-10-26(13-17)21(27)12-19-15(2)24-28-16(19)3/h4-5,7,9,17H,6,8,10-13H2,1-3H3/t17-/m0/s1. The van der Waals surface area contributed by atoms with Gasteiger partial charge in [-0.15, -0.1) is 0 Å². The van der Waals surface area contributed by atoms with Gasteiger partial charge in [0.05, 0.1) is 12.1 Å². The number of nitrogens with zero attached hydrogens (tertiary/aromatic N) is 4. The number of hydrogen-bond donors (Lipinski definition) is 0. The van der Waals surface area contributed by atoms with Crippen LogP contribution in [0.3, 0.4) is 0 Å². The number of amides is 1. The van der Waals surface area contributed by atoms with Crippen LogP contribution in [0.25, 0.3) is 11.4 Å². The average Bonchev–Trinajstić information content (AvgIpc) is 3.30. The molecule has 29 heavy (non-hydrogen) atoms. The van der Waals surface area contributed by atoms with Crippen LogP contribution in [0.5, 0.6) is 0 Å². The molecule has 0 spiro atoms. The van der Waals surface area contributed by atoms with Crippen LogP contribution < -0.4 is 0 Å². The molecular weight excluding hydrogens is 368 g/mol. The van der Waals surface area contributed by atoms with Crippen LogP contribution in [0.4, 0.5) is 0 Å². The molecule has 1 amide bonds. The molecule has 3 aromatic rings. The van der Waals surface area contributed by atoms with Crippen molar-refractivity contribution in [2.24, 2.45) is 5.92 Å². The van der Waals surface area contributed by atoms with E-state index in [1.54, 1.807) is 0 Å². The summed E-state index contributed by atoms with van der Waals surface area (Å²) in [6.07, 6.45) is 3.06. The van der Waals surface area contributed by atoms with Crippen molar-refractivity contribution in [2.75, 3.05) is 13.1 Å². The number of rotatable bonds is 5. The van der Waals surface area contributed by atoms with E-state index in [0.29, 0.717) is 37.0 Å². The Morgan fingerprint density at radius 3 is 2.76 bits per heavy atom. The molecular formula is C22H26N4O3. The van der Waals surface area contributed by atoms with Gasteiger partial charge in [-0.2, -0.15) is 4.98 Å². The van der Waals surface area contributed by atoms with Crippen molar-refractivity contribution < 1.29 is 13.8 Å². The highest BCUT2D eigenvalue weighted by Gasteiger charge is 2.27. The van der Waals surface area contributed by atoms with Crippen LogP contribution in [0, 0.1) is 26.7 Å². The van der Waals surface area contributed by atoms with Crippen LogP contribution in [0.2, 0.25) is 0 Å². The van der Waals surface area contributed by atoms with Gasteiger partial charge in [-0.3, -0.25) is 4.79 Å². The van der Waals surface area contributed by atoms with Crippen LogP contribution in [-0.4, -0.2) is 39.2 Å². The monoisotopic (exact) mass is 394 g/mol. The minimum Gasteiger partial charge on any atom is -0.361 e. The van der Waals surface area contributed by atoms with Crippen molar-refractivity contribution in [3.63, 3.8) is 0 Å². The van der Waals surface area contributed by atoms with Gasteiger partial charge in [0.15, 0.2) is 0 Å². The Hall–Kier alpha value is -2.96. The van der Waals surface area contributed by atoms with Gasteiger partial charge >= 0.3 is 0 Å². The van der Waals surface area contributed by atoms with Gasteiger partial charge in [-0.25, -0.2) is 0 Å². The lowest BCUT2D eigenvalue weighted by atomic mass is 9.94. The van der Waals surface area contributed by atoms with E-state index in [2.05, 4.69) is 15.3 Å². The van der Waals surface area contributed by atoms with E-state index in [-0.39, 0.29) is 5.91 Å². The molecule has 0 aliphatic carbocycles. The number of aryl methyl sites for hydroxylation is 3. The third-order valence-electron chi connectivity index (χ3n) is 5.70. The lowest BCUT2D eigenvalue weighted by molar-refractivity contribution is -0.132. The fraction of sp³-hybridized carbons (Fsp3) is 0.455. The summed E-state index contributed by atoms with van der Waals surface area (Å²) >= 11 is 0. The summed E-state index contributed by atoms with van der Waals surface area (Å²) in [6, 6.07) is 8.01. The number of likely N-dealkylation sites (tertiary alicyclic amines) is 1. The summed E-state index contributed by atoms with van der Waals surface area (Å²) in [4.78, 5) is 19.3. The molecule has 7 nitrogen and oxygen atoms in total. The van der Waals surface area contributed by atoms with Crippen molar-refractivity contribution in [3.8, 4) is 11.4 Å². The predicted molar refractivity (Wildman–Crippen MR) is 107 cm³/mol. The topological polar surface area (TPSA) is 85.3 Å². The minimum atomic E-state index is 0.121. The second-order valence-electron chi connectivity index (χ2n) is 7.86. The molecule has 1 aliphatic heterocycles. The highest BCUT2D eigenvalue weighted by atomic mass is 16.5. The first-order chi connectivity index (χ1) is 14.0. The first-order valence-corrected chi connectivity index (χ1v) is 10.1. The Morgan fingerprint density at radius 2 is 2.00 bits per heavy atom. The third-order valence-corrected chi connectivity index (χ3v) is 5.70. The molecule has 3 heterocycles. The quantitative estimate of drug-likeness (QED) is 0.656. The molecule has 0 bridgehead atoms. The Morgan fingerprint density at radius 1 is 1.17 bits per heavy atom. The normalized spacial score (nSPS) is 16.9. The molecule has 0 N–H and O–H groups in total. The van der Waals surface area contributed by atoms with E-state index >= 15 is 0 Å². The number of carbonyl (C=O) groups is 1. The average molecular weight is 394 g/mol. The molecule has 7 heteroatoms. The van der Waals surface area contributed by atoms with Gasteiger partial charge < -0.3 is 13.9 Å². The Kier molecular flexibility index (Phi) is 5.47. The van der Waals surface area contributed by atoms with Crippen LogP contribution >= 0.6 is 0 Å². The molecule has 1 aliphatic rings. The predicted octanol–water partition coefficient (Wildman–Crippen LogP) is 3.67. The van der Waals surface area contributed by atoms with Crippen molar-refractivity contribution in [1.82, 2.24) is 20.2 Å². The maximum Gasteiger partial charge on any atom is 0.227 e. The summed E-state index contributed by atoms with van der Waals surface area (Å²) in [5.41, 5.74) is 3.80. The Balaban J connectivity index is 1.39. The van der Waals surface area contributed by atoms with Gasteiger partial charge in [0, 0.05) is 30.6 Å². The summed E-state index contributed by atoms with van der Waals surface area (Å²) < 4.78 is 10.7. The molecule has 1 saturated heterocycles. The van der Waals surface area contributed by atoms with Crippen LogP contribution in [0.1, 0.15) is 41.3 Å². The number of aromatic nitrogens is 3. The van der Waals surface area contributed by atoms with E-state index in [4.69, 9.17) is 9.05 Å². The zero-order chi connectivity index (χ0) is 20.4. The van der Waals surface area contributed by atoms with Gasteiger partial charge in [0.2, 0.25) is 17.6 Å². The molecule has 2 aromatic heterocycles. The number of piperidine rings is 1. The highest BCUT2D eigenvalue weighted by Crippen LogP contribution is 2.24. The van der Waals surface area contributed by atoms with E-state index in [1.165, 1.54) is 0 Å². The summed E-state index contributed by atoms with van der Waals surface area (Å²) in [7, 11) is 0. The largest absolute Gasteiger partial charge is 0.361 e. The van der Waals surface area contributed by atoms with Crippen LogP contribution in [-0.2, 0) is 17.6 Å². The summed E-state index contributed by atoms with van der Waals surface area (Å²) in [5.74, 6) is 2.42. The third kappa shape index (κ3) is 4.23. The Bertz CT molecular complexity index is 988. The lowest BCUT2D eigenvalue weighted by Crippen LogP contribution is -2.41. The van der Waals surface area contributed by atoms with Gasteiger partial charge in [0.25, 0.3) is 0 Å². The maximum absolute atomic E-state index is 12.8. The number of carbonyl (C=O) groups excluding carboxylic acids is 1. The summed E-state index contributed by atoms with van der Waals surface area (Å²) in [6.45, 7) is 7.26. The van der Waals surface area contributed by atoms with E-state index in [1.807, 2.05) is 49.9 Å². The van der Waals surface area contributed by atoms with Crippen molar-refractivity contribution in [2.45, 2.75) is 46.5 Å². The Labute approximate surface area is 170 Å². The molecule has 1 fully saturated rings. The second-order valence-corrected chi connectivity index (χ2v) is 7.86. The highest BCUT2D eigenvalue weighted by molar-refractivity contribution is 5.79. The number of benzene rings is 1. The minimum absolute atomic E-state index is 0.121.